The maximum atomic E-state index is 12.1. The first-order valence-electron chi connectivity index (χ1n) is 9.09. The molecule has 0 amide bonds. The highest BCUT2D eigenvalue weighted by Crippen LogP contribution is 2.27. The smallest absolute Gasteiger partial charge is 0.323 e. The van der Waals surface area contributed by atoms with Crippen LogP contribution in [0.5, 0.6) is 0 Å². The minimum absolute atomic E-state index is 0.0410. The van der Waals surface area contributed by atoms with Gasteiger partial charge >= 0.3 is 5.97 Å². The molecule has 0 aliphatic carbocycles. The number of hydrogen-bond acceptors (Lipinski definition) is 4. The SMILES string of the molecule is CC(C)CC[C@H]1[C@H](C)OC(=O)[C@@H](N)CCO[C@@H]1Cc1ccccc1. The average Bonchev–Trinajstić information content (AvgIpc) is 2.58. The van der Waals surface area contributed by atoms with Crippen LogP contribution >= 0.6 is 0 Å². The third kappa shape index (κ3) is 5.60. The van der Waals surface area contributed by atoms with E-state index in [1.165, 1.54) is 5.56 Å². The Labute approximate surface area is 145 Å². The fourth-order valence-corrected chi connectivity index (χ4v) is 3.25. The number of cyclic esters (lactones) is 1. The van der Waals surface area contributed by atoms with Crippen molar-refractivity contribution < 1.29 is 14.3 Å². The largest absolute Gasteiger partial charge is 0.461 e. The van der Waals surface area contributed by atoms with Crippen LogP contribution in [0, 0.1) is 11.8 Å². The van der Waals surface area contributed by atoms with Crippen molar-refractivity contribution in [3.63, 3.8) is 0 Å². The first-order valence-corrected chi connectivity index (χ1v) is 9.09. The van der Waals surface area contributed by atoms with Gasteiger partial charge in [0.1, 0.15) is 12.1 Å². The number of ether oxygens (including phenoxy) is 2. The molecule has 1 aromatic carbocycles. The van der Waals surface area contributed by atoms with Crippen LogP contribution in [0.2, 0.25) is 0 Å². The normalized spacial score (nSPS) is 28.8. The molecule has 0 spiro atoms. The zero-order valence-corrected chi connectivity index (χ0v) is 15.1. The van der Waals surface area contributed by atoms with Crippen molar-refractivity contribution in [1.29, 1.82) is 0 Å². The number of nitrogens with two attached hydrogens (primary N) is 1. The number of esters is 1. The Morgan fingerprint density at radius 1 is 1.25 bits per heavy atom. The molecule has 0 saturated carbocycles. The summed E-state index contributed by atoms with van der Waals surface area (Å²) in [6.07, 6.45) is 3.27. The molecule has 0 bridgehead atoms. The molecule has 1 aliphatic rings. The topological polar surface area (TPSA) is 61.5 Å². The molecule has 1 fully saturated rings. The van der Waals surface area contributed by atoms with E-state index in [4.69, 9.17) is 15.2 Å². The van der Waals surface area contributed by atoms with Gasteiger partial charge in [0.2, 0.25) is 0 Å². The van der Waals surface area contributed by atoms with Gasteiger partial charge in [-0.2, -0.15) is 0 Å². The molecule has 4 atom stereocenters. The van der Waals surface area contributed by atoms with Gasteiger partial charge in [0.25, 0.3) is 0 Å². The molecule has 4 nitrogen and oxygen atoms in total. The van der Waals surface area contributed by atoms with E-state index in [-0.39, 0.29) is 24.1 Å². The highest BCUT2D eigenvalue weighted by molar-refractivity contribution is 5.75. The lowest BCUT2D eigenvalue weighted by Crippen LogP contribution is -2.38. The molecule has 134 valence electrons. The Kier molecular flexibility index (Phi) is 7.25. The highest BCUT2D eigenvalue weighted by atomic mass is 16.5. The third-order valence-corrected chi connectivity index (χ3v) is 4.80. The fourth-order valence-electron chi connectivity index (χ4n) is 3.25. The number of carbonyl (C=O) groups excluding carboxylic acids is 1. The average molecular weight is 333 g/mol. The summed E-state index contributed by atoms with van der Waals surface area (Å²) >= 11 is 0. The number of rotatable bonds is 5. The van der Waals surface area contributed by atoms with E-state index in [0.29, 0.717) is 18.9 Å². The standard InChI is InChI=1S/C20H31NO3/c1-14(2)9-10-17-15(3)24-20(22)18(21)11-12-23-19(17)13-16-7-5-4-6-8-16/h4-8,14-15,17-19H,9-13,21H2,1-3H3/t15-,17-,18-,19+/m0/s1. The molecule has 0 radical (unpaired) electrons. The minimum Gasteiger partial charge on any atom is -0.461 e. The number of carbonyl (C=O) groups is 1. The molecule has 0 aromatic heterocycles. The molecule has 0 unspecified atom stereocenters. The Bertz CT molecular complexity index is 503. The Hall–Kier alpha value is -1.39. The summed E-state index contributed by atoms with van der Waals surface area (Å²) in [7, 11) is 0. The van der Waals surface area contributed by atoms with Crippen molar-refractivity contribution in [1.82, 2.24) is 0 Å². The van der Waals surface area contributed by atoms with Crippen molar-refractivity contribution in [2.24, 2.45) is 17.6 Å². The summed E-state index contributed by atoms with van der Waals surface area (Å²) in [5.41, 5.74) is 7.14. The second-order valence-electron chi connectivity index (χ2n) is 7.27. The van der Waals surface area contributed by atoms with Crippen LogP contribution < -0.4 is 5.73 Å². The van der Waals surface area contributed by atoms with E-state index >= 15 is 0 Å². The second-order valence-corrected chi connectivity index (χ2v) is 7.27. The van der Waals surface area contributed by atoms with Crippen LogP contribution in [-0.4, -0.2) is 30.8 Å². The molecule has 1 aromatic rings. The first-order chi connectivity index (χ1) is 11.5. The van der Waals surface area contributed by atoms with Gasteiger partial charge in [-0.3, -0.25) is 4.79 Å². The van der Waals surface area contributed by atoms with Crippen molar-refractivity contribution in [3.05, 3.63) is 35.9 Å². The zero-order valence-electron chi connectivity index (χ0n) is 15.1. The predicted octanol–water partition coefficient (Wildman–Crippen LogP) is 3.33. The number of benzene rings is 1. The van der Waals surface area contributed by atoms with Crippen LogP contribution in [0.25, 0.3) is 0 Å². The Morgan fingerprint density at radius 3 is 2.62 bits per heavy atom. The summed E-state index contributed by atoms with van der Waals surface area (Å²) in [6, 6.07) is 9.77. The van der Waals surface area contributed by atoms with Gasteiger partial charge in [0, 0.05) is 12.5 Å². The van der Waals surface area contributed by atoms with E-state index in [1.807, 2.05) is 25.1 Å². The van der Waals surface area contributed by atoms with Gasteiger partial charge in [0.05, 0.1) is 6.10 Å². The summed E-state index contributed by atoms with van der Waals surface area (Å²) in [6.45, 7) is 6.91. The lowest BCUT2D eigenvalue weighted by molar-refractivity contribution is -0.153. The van der Waals surface area contributed by atoms with E-state index in [0.717, 1.165) is 19.3 Å². The van der Waals surface area contributed by atoms with Gasteiger partial charge in [0.15, 0.2) is 0 Å². The van der Waals surface area contributed by atoms with Crippen LogP contribution in [0.15, 0.2) is 30.3 Å². The van der Waals surface area contributed by atoms with Gasteiger partial charge in [-0.15, -0.1) is 0 Å². The molecule has 2 rings (SSSR count). The molecule has 2 N–H and O–H groups in total. The Balaban J connectivity index is 2.17. The number of hydrogen-bond donors (Lipinski definition) is 1. The van der Waals surface area contributed by atoms with Gasteiger partial charge in [-0.1, -0.05) is 50.6 Å². The van der Waals surface area contributed by atoms with E-state index in [9.17, 15) is 4.79 Å². The molecule has 24 heavy (non-hydrogen) atoms. The third-order valence-electron chi connectivity index (χ3n) is 4.80. The van der Waals surface area contributed by atoms with E-state index in [1.54, 1.807) is 0 Å². The second kappa shape index (κ2) is 9.19. The first kappa shape index (κ1) is 18.9. The summed E-state index contributed by atoms with van der Waals surface area (Å²) in [4.78, 5) is 12.1. The monoisotopic (exact) mass is 333 g/mol. The molecule has 4 heteroatoms. The van der Waals surface area contributed by atoms with Gasteiger partial charge < -0.3 is 15.2 Å². The molecule has 1 aliphatic heterocycles. The molecule has 1 saturated heterocycles. The van der Waals surface area contributed by atoms with E-state index in [2.05, 4.69) is 26.0 Å². The van der Waals surface area contributed by atoms with Crippen LogP contribution in [-0.2, 0) is 20.7 Å². The molecule has 1 heterocycles. The zero-order chi connectivity index (χ0) is 17.5. The Morgan fingerprint density at radius 2 is 1.96 bits per heavy atom. The maximum Gasteiger partial charge on any atom is 0.323 e. The van der Waals surface area contributed by atoms with Crippen LogP contribution in [0.4, 0.5) is 0 Å². The van der Waals surface area contributed by atoms with Crippen molar-refractivity contribution in [2.75, 3.05) is 6.61 Å². The predicted molar refractivity (Wildman–Crippen MR) is 95.6 cm³/mol. The summed E-state index contributed by atoms with van der Waals surface area (Å²) in [5.74, 6) is 0.489. The van der Waals surface area contributed by atoms with Crippen molar-refractivity contribution in [2.45, 2.75) is 64.7 Å². The minimum atomic E-state index is -0.589. The summed E-state index contributed by atoms with van der Waals surface area (Å²) < 4.78 is 11.8. The molecular formula is C20H31NO3. The van der Waals surface area contributed by atoms with Crippen LogP contribution in [0.1, 0.15) is 45.6 Å². The quantitative estimate of drug-likeness (QED) is 0.840. The van der Waals surface area contributed by atoms with Gasteiger partial charge in [-0.05, 0) is 37.7 Å². The fraction of sp³-hybridized carbons (Fsp3) is 0.650. The highest BCUT2D eigenvalue weighted by Gasteiger charge is 2.33. The van der Waals surface area contributed by atoms with Crippen molar-refractivity contribution >= 4 is 5.97 Å². The molecular weight excluding hydrogens is 302 g/mol. The lowest BCUT2D eigenvalue weighted by Gasteiger charge is -2.31. The summed E-state index contributed by atoms with van der Waals surface area (Å²) in [5, 5.41) is 0. The van der Waals surface area contributed by atoms with E-state index < -0.39 is 6.04 Å². The maximum absolute atomic E-state index is 12.1. The van der Waals surface area contributed by atoms with Crippen molar-refractivity contribution in [3.8, 4) is 0 Å². The lowest BCUT2D eigenvalue weighted by atomic mass is 9.86. The van der Waals surface area contributed by atoms with Gasteiger partial charge in [-0.25, -0.2) is 0 Å². The van der Waals surface area contributed by atoms with Crippen LogP contribution in [0.3, 0.4) is 0 Å².